The third-order valence-electron chi connectivity index (χ3n) is 3.45. The van der Waals surface area contributed by atoms with Crippen molar-refractivity contribution in [1.82, 2.24) is 15.5 Å². The van der Waals surface area contributed by atoms with Gasteiger partial charge in [-0.15, -0.1) is 0 Å². The molecule has 2 aliphatic rings. The second-order valence-electron chi connectivity index (χ2n) is 4.59. The lowest BCUT2D eigenvalue weighted by Gasteiger charge is -2.30. The van der Waals surface area contributed by atoms with Gasteiger partial charge in [0.25, 0.3) is 0 Å². The SMILES string of the molecule is CNC(=O)C1CCCN1C(=O)CC1CNC1. The van der Waals surface area contributed by atoms with E-state index in [1.807, 2.05) is 0 Å². The molecule has 1 atom stereocenters. The molecular formula is C11H19N3O2. The van der Waals surface area contributed by atoms with E-state index in [-0.39, 0.29) is 17.9 Å². The maximum Gasteiger partial charge on any atom is 0.242 e. The van der Waals surface area contributed by atoms with Crippen LogP contribution in [0.3, 0.4) is 0 Å². The van der Waals surface area contributed by atoms with Gasteiger partial charge in [-0.2, -0.15) is 0 Å². The molecule has 0 aromatic carbocycles. The van der Waals surface area contributed by atoms with Crippen LogP contribution in [0.1, 0.15) is 19.3 Å². The minimum Gasteiger partial charge on any atom is -0.357 e. The number of carbonyl (C=O) groups excluding carboxylic acids is 2. The van der Waals surface area contributed by atoms with Gasteiger partial charge in [0.1, 0.15) is 6.04 Å². The summed E-state index contributed by atoms with van der Waals surface area (Å²) in [5.41, 5.74) is 0. The predicted octanol–water partition coefficient (Wildman–Crippen LogP) is -0.667. The van der Waals surface area contributed by atoms with Crippen LogP contribution in [0.25, 0.3) is 0 Å². The second kappa shape index (κ2) is 4.82. The Kier molecular flexibility index (Phi) is 3.43. The molecule has 0 aromatic heterocycles. The Labute approximate surface area is 95.6 Å². The largest absolute Gasteiger partial charge is 0.357 e. The summed E-state index contributed by atoms with van der Waals surface area (Å²) in [5.74, 6) is 0.577. The topological polar surface area (TPSA) is 61.4 Å². The maximum atomic E-state index is 12.0. The molecule has 16 heavy (non-hydrogen) atoms. The van der Waals surface area contributed by atoms with Gasteiger partial charge in [-0.25, -0.2) is 0 Å². The fourth-order valence-electron chi connectivity index (χ4n) is 2.36. The second-order valence-corrected chi connectivity index (χ2v) is 4.59. The summed E-state index contributed by atoms with van der Waals surface area (Å²) < 4.78 is 0. The van der Waals surface area contributed by atoms with Gasteiger partial charge in [-0.1, -0.05) is 0 Å². The lowest BCUT2D eigenvalue weighted by Crippen LogP contribution is -2.48. The quantitative estimate of drug-likeness (QED) is 0.670. The molecule has 0 aromatic rings. The van der Waals surface area contributed by atoms with E-state index in [0.29, 0.717) is 12.3 Å². The molecule has 1 unspecified atom stereocenters. The Bertz CT molecular complexity index is 289. The first-order valence-electron chi connectivity index (χ1n) is 5.94. The Morgan fingerprint density at radius 1 is 1.44 bits per heavy atom. The van der Waals surface area contributed by atoms with E-state index in [4.69, 9.17) is 0 Å². The third-order valence-corrected chi connectivity index (χ3v) is 3.45. The Morgan fingerprint density at radius 2 is 2.19 bits per heavy atom. The predicted molar refractivity (Wildman–Crippen MR) is 59.8 cm³/mol. The third kappa shape index (κ3) is 2.19. The first kappa shape index (κ1) is 11.4. The summed E-state index contributed by atoms with van der Waals surface area (Å²) in [4.78, 5) is 25.3. The first-order chi connectivity index (χ1) is 7.72. The van der Waals surface area contributed by atoms with Gasteiger partial charge in [-0.05, 0) is 31.8 Å². The Hall–Kier alpha value is -1.10. The lowest BCUT2D eigenvalue weighted by atomic mass is 9.98. The van der Waals surface area contributed by atoms with E-state index in [1.165, 1.54) is 0 Å². The summed E-state index contributed by atoms with van der Waals surface area (Å²) in [6.45, 7) is 2.60. The van der Waals surface area contributed by atoms with Crippen LogP contribution in [0.2, 0.25) is 0 Å². The van der Waals surface area contributed by atoms with Crippen molar-refractivity contribution < 1.29 is 9.59 Å². The van der Waals surface area contributed by atoms with Crippen LogP contribution < -0.4 is 10.6 Å². The molecule has 0 saturated carbocycles. The first-order valence-corrected chi connectivity index (χ1v) is 5.94. The zero-order valence-electron chi connectivity index (χ0n) is 9.66. The highest BCUT2D eigenvalue weighted by molar-refractivity contribution is 5.88. The molecule has 2 rings (SSSR count). The van der Waals surface area contributed by atoms with E-state index in [9.17, 15) is 9.59 Å². The van der Waals surface area contributed by atoms with E-state index in [2.05, 4.69) is 10.6 Å². The highest BCUT2D eigenvalue weighted by Gasteiger charge is 2.34. The van der Waals surface area contributed by atoms with Crippen LogP contribution in [-0.2, 0) is 9.59 Å². The van der Waals surface area contributed by atoms with Crippen molar-refractivity contribution in [3.63, 3.8) is 0 Å². The number of likely N-dealkylation sites (tertiary alicyclic amines) is 1. The molecule has 2 fully saturated rings. The molecule has 2 amide bonds. The number of hydrogen-bond donors (Lipinski definition) is 2. The summed E-state index contributed by atoms with van der Waals surface area (Å²) in [6.07, 6.45) is 2.32. The molecule has 2 N–H and O–H groups in total. The zero-order valence-corrected chi connectivity index (χ0v) is 9.66. The standard InChI is InChI=1S/C11H19N3O2/c1-12-11(16)9-3-2-4-14(9)10(15)5-8-6-13-7-8/h8-9,13H,2-7H2,1H3,(H,12,16). The number of rotatable bonds is 3. The highest BCUT2D eigenvalue weighted by Crippen LogP contribution is 2.20. The normalized spacial score (nSPS) is 25.3. The molecule has 0 spiro atoms. The molecule has 2 heterocycles. The molecule has 0 aliphatic carbocycles. The molecule has 90 valence electrons. The van der Waals surface area contributed by atoms with Crippen LogP contribution in [0.5, 0.6) is 0 Å². The van der Waals surface area contributed by atoms with Gasteiger partial charge >= 0.3 is 0 Å². The summed E-state index contributed by atoms with van der Waals surface area (Å²) in [5, 5.41) is 5.78. The molecular weight excluding hydrogens is 206 g/mol. The van der Waals surface area contributed by atoms with Crippen molar-refractivity contribution in [3.05, 3.63) is 0 Å². The van der Waals surface area contributed by atoms with E-state index < -0.39 is 0 Å². The van der Waals surface area contributed by atoms with Crippen molar-refractivity contribution in [2.24, 2.45) is 5.92 Å². The smallest absolute Gasteiger partial charge is 0.242 e. The minimum atomic E-state index is -0.231. The van der Waals surface area contributed by atoms with E-state index in [1.54, 1.807) is 11.9 Å². The summed E-state index contributed by atoms with van der Waals surface area (Å²) >= 11 is 0. The molecule has 2 saturated heterocycles. The average Bonchev–Trinajstić information content (AvgIpc) is 2.70. The number of likely N-dealkylation sites (N-methyl/N-ethyl adjacent to an activating group) is 1. The number of nitrogens with zero attached hydrogens (tertiary/aromatic N) is 1. The molecule has 2 aliphatic heterocycles. The summed E-state index contributed by atoms with van der Waals surface area (Å²) in [6, 6.07) is -0.231. The van der Waals surface area contributed by atoms with Crippen molar-refractivity contribution in [3.8, 4) is 0 Å². The van der Waals surface area contributed by atoms with Crippen LogP contribution in [0, 0.1) is 5.92 Å². The molecule has 0 radical (unpaired) electrons. The molecule has 0 bridgehead atoms. The number of amides is 2. The van der Waals surface area contributed by atoms with Gasteiger partial charge in [0.2, 0.25) is 11.8 Å². The summed E-state index contributed by atoms with van der Waals surface area (Å²) in [7, 11) is 1.62. The maximum absolute atomic E-state index is 12.0. The average molecular weight is 225 g/mol. The van der Waals surface area contributed by atoms with Crippen LogP contribution in [-0.4, -0.2) is 49.4 Å². The number of carbonyl (C=O) groups is 2. The van der Waals surface area contributed by atoms with Crippen LogP contribution >= 0.6 is 0 Å². The van der Waals surface area contributed by atoms with Crippen molar-refractivity contribution >= 4 is 11.8 Å². The van der Waals surface area contributed by atoms with Gasteiger partial charge in [0, 0.05) is 20.0 Å². The fraction of sp³-hybridized carbons (Fsp3) is 0.818. The van der Waals surface area contributed by atoms with Gasteiger partial charge in [0.05, 0.1) is 0 Å². The molecule has 5 nitrogen and oxygen atoms in total. The Balaban J connectivity index is 1.90. The Morgan fingerprint density at radius 3 is 2.75 bits per heavy atom. The van der Waals surface area contributed by atoms with Crippen molar-refractivity contribution in [2.45, 2.75) is 25.3 Å². The van der Waals surface area contributed by atoms with E-state index >= 15 is 0 Å². The number of hydrogen-bond acceptors (Lipinski definition) is 3. The van der Waals surface area contributed by atoms with Gasteiger partial charge in [0.15, 0.2) is 0 Å². The van der Waals surface area contributed by atoms with Gasteiger partial charge < -0.3 is 15.5 Å². The molecule has 5 heteroatoms. The van der Waals surface area contributed by atoms with E-state index in [0.717, 1.165) is 32.5 Å². The number of nitrogens with one attached hydrogen (secondary N) is 2. The fourth-order valence-corrected chi connectivity index (χ4v) is 2.36. The monoisotopic (exact) mass is 225 g/mol. The van der Waals surface area contributed by atoms with Crippen molar-refractivity contribution in [1.29, 1.82) is 0 Å². The zero-order chi connectivity index (χ0) is 11.5. The lowest BCUT2D eigenvalue weighted by molar-refractivity contribution is -0.139. The van der Waals surface area contributed by atoms with Crippen LogP contribution in [0.15, 0.2) is 0 Å². The van der Waals surface area contributed by atoms with Crippen molar-refractivity contribution in [2.75, 3.05) is 26.7 Å². The minimum absolute atomic E-state index is 0.0300. The van der Waals surface area contributed by atoms with Crippen LogP contribution in [0.4, 0.5) is 0 Å². The highest BCUT2D eigenvalue weighted by atomic mass is 16.2. The van der Waals surface area contributed by atoms with Gasteiger partial charge in [-0.3, -0.25) is 9.59 Å².